The second-order valence-electron chi connectivity index (χ2n) is 5.53. The van der Waals surface area contributed by atoms with Crippen LogP contribution in [0, 0.1) is 0 Å². The van der Waals surface area contributed by atoms with Crippen LogP contribution in [0.15, 0.2) is 29.1 Å². The van der Waals surface area contributed by atoms with E-state index in [1.165, 1.54) is 64.8 Å². The number of anilines is 2. The Morgan fingerprint density at radius 1 is 1.00 bits per heavy atom. The topological polar surface area (TPSA) is 29.1 Å². The van der Waals surface area contributed by atoms with Crippen molar-refractivity contribution >= 4 is 43.0 Å². The van der Waals surface area contributed by atoms with Crippen LogP contribution in [-0.4, -0.2) is 0 Å². The lowest BCUT2D eigenvalue weighted by molar-refractivity contribution is 0.592. The molecule has 2 nitrogen and oxygen atoms in total. The first kappa shape index (κ1) is 15.1. The monoisotopic (exact) mass is 339 g/mol. The van der Waals surface area contributed by atoms with E-state index in [1.54, 1.807) is 0 Å². The van der Waals surface area contributed by atoms with Crippen LogP contribution in [0.3, 0.4) is 0 Å². The van der Waals surface area contributed by atoms with Gasteiger partial charge >= 0.3 is 0 Å². The molecule has 1 heterocycles. The van der Waals surface area contributed by atoms with Crippen LogP contribution in [0.5, 0.6) is 0 Å². The van der Waals surface area contributed by atoms with E-state index in [1.807, 2.05) is 0 Å². The van der Waals surface area contributed by atoms with Crippen LogP contribution in [-0.2, 0) is 0 Å². The molecule has 1 aromatic heterocycles. The highest BCUT2D eigenvalue weighted by atomic mass is 35.5. The van der Waals surface area contributed by atoms with Gasteiger partial charge < -0.3 is 5.32 Å². The van der Waals surface area contributed by atoms with Gasteiger partial charge in [0.05, 0.1) is 0 Å². The molecule has 0 radical (unpaired) electrons. The molecular formula is C16H18ClNOS2. The minimum Gasteiger partial charge on any atom is -0.345 e. The maximum Gasteiger partial charge on any atom is 0.263 e. The normalized spacial score (nSPS) is 16.6. The number of halogens is 1. The van der Waals surface area contributed by atoms with Crippen molar-refractivity contribution in [3.63, 3.8) is 0 Å². The Kier molecular flexibility index (Phi) is 4.99. The first-order valence-corrected chi connectivity index (χ1v) is 9.92. The predicted molar refractivity (Wildman–Crippen MR) is 93.6 cm³/mol. The van der Waals surface area contributed by atoms with E-state index in [4.69, 9.17) is 11.6 Å². The second kappa shape index (κ2) is 6.95. The second-order valence-corrected chi connectivity index (χ2v) is 8.02. The van der Waals surface area contributed by atoms with E-state index in [0.717, 1.165) is 10.7 Å². The van der Waals surface area contributed by atoms with Gasteiger partial charge in [-0.25, -0.2) is 0 Å². The van der Waals surface area contributed by atoms with Crippen LogP contribution in [0.25, 0.3) is 0 Å². The van der Waals surface area contributed by atoms with Gasteiger partial charge in [-0.2, -0.15) is 0 Å². The third-order valence-electron chi connectivity index (χ3n) is 4.07. The van der Waals surface area contributed by atoms with Crippen molar-refractivity contribution in [2.45, 2.75) is 44.4 Å². The number of hydrogen-bond donors (Lipinski definition) is 1. The molecule has 0 aliphatic heterocycles. The molecule has 21 heavy (non-hydrogen) atoms. The fourth-order valence-corrected chi connectivity index (χ4v) is 5.28. The van der Waals surface area contributed by atoms with Crippen molar-refractivity contribution in [3.05, 3.63) is 44.4 Å². The van der Waals surface area contributed by atoms with Crippen molar-refractivity contribution in [1.29, 1.82) is 0 Å². The summed E-state index contributed by atoms with van der Waals surface area (Å²) in [5.74, 6) is 0.711. The summed E-state index contributed by atoms with van der Waals surface area (Å²) >= 11 is 5.98. The standard InChI is InChI=1S/C16H18ClNOS2/c17-14-15(20-21-16(14)19)18-13-9-7-12(8-10-13)11-5-3-1-2-4-6-11/h7-11,18H,1-6H2. The van der Waals surface area contributed by atoms with Gasteiger partial charge in [-0.1, -0.05) is 59.8 Å². The van der Waals surface area contributed by atoms with Gasteiger partial charge in [0.2, 0.25) is 0 Å². The first-order chi connectivity index (χ1) is 10.2. The van der Waals surface area contributed by atoms with Crippen LogP contribution in [0.2, 0.25) is 5.02 Å². The maximum atomic E-state index is 11.4. The average Bonchev–Trinajstić information content (AvgIpc) is 2.75. The molecule has 0 unspecified atom stereocenters. The zero-order chi connectivity index (χ0) is 14.7. The maximum absolute atomic E-state index is 11.4. The number of rotatable bonds is 3. The van der Waals surface area contributed by atoms with Crippen LogP contribution >= 0.6 is 32.3 Å². The van der Waals surface area contributed by atoms with Gasteiger partial charge in [-0.05, 0) is 46.8 Å². The first-order valence-electron chi connectivity index (χ1n) is 7.39. The summed E-state index contributed by atoms with van der Waals surface area (Å²) in [5, 5.41) is 4.28. The highest BCUT2D eigenvalue weighted by Gasteiger charge is 2.14. The molecular weight excluding hydrogens is 322 g/mol. The lowest BCUT2D eigenvalue weighted by Gasteiger charge is -2.15. The zero-order valence-electron chi connectivity index (χ0n) is 11.7. The molecule has 1 aliphatic rings. The quantitative estimate of drug-likeness (QED) is 0.548. The van der Waals surface area contributed by atoms with E-state index in [0.29, 0.717) is 10.9 Å². The van der Waals surface area contributed by atoms with Gasteiger partial charge in [-0.15, -0.1) is 0 Å². The molecule has 0 bridgehead atoms. The number of benzene rings is 1. The van der Waals surface area contributed by atoms with Gasteiger partial charge in [0.25, 0.3) is 4.74 Å². The van der Waals surface area contributed by atoms with E-state index in [9.17, 15) is 4.79 Å². The molecule has 1 fully saturated rings. The van der Waals surface area contributed by atoms with Crippen molar-refractivity contribution in [2.75, 3.05) is 5.32 Å². The third-order valence-corrected chi connectivity index (χ3v) is 6.77. The van der Waals surface area contributed by atoms with Crippen molar-refractivity contribution in [3.8, 4) is 0 Å². The Bertz CT molecular complexity index is 639. The summed E-state index contributed by atoms with van der Waals surface area (Å²) in [4.78, 5) is 11.4. The number of hydrogen-bond acceptors (Lipinski definition) is 4. The molecule has 0 spiro atoms. The van der Waals surface area contributed by atoms with E-state index < -0.39 is 0 Å². The van der Waals surface area contributed by atoms with Crippen LogP contribution in [0.1, 0.15) is 50.0 Å². The molecule has 1 N–H and O–H groups in total. The molecule has 0 amide bonds. The van der Waals surface area contributed by atoms with Gasteiger partial charge in [0.15, 0.2) is 0 Å². The molecule has 5 heteroatoms. The highest BCUT2D eigenvalue weighted by molar-refractivity contribution is 7.70. The molecule has 112 valence electrons. The van der Waals surface area contributed by atoms with Crippen molar-refractivity contribution in [2.24, 2.45) is 0 Å². The molecule has 0 saturated heterocycles. The summed E-state index contributed by atoms with van der Waals surface area (Å²) in [6, 6.07) is 8.60. The van der Waals surface area contributed by atoms with E-state index in [-0.39, 0.29) is 4.74 Å². The fourth-order valence-electron chi connectivity index (χ4n) is 2.90. The van der Waals surface area contributed by atoms with E-state index in [2.05, 4.69) is 29.6 Å². The number of nitrogens with one attached hydrogen (secondary N) is 1. The van der Waals surface area contributed by atoms with Crippen molar-refractivity contribution < 1.29 is 0 Å². The van der Waals surface area contributed by atoms with Crippen molar-refractivity contribution in [1.82, 2.24) is 0 Å². The average molecular weight is 340 g/mol. The third kappa shape index (κ3) is 3.68. The summed E-state index contributed by atoms with van der Waals surface area (Å²) in [5.41, 5.74) is 2.43. The largest absolute Gasteiger partial charge is 0.345 e. The van der Waals surface area contributed by atoms with E-state index >= 15 is 0 Å². The Labute approximate surface area is 137 Å². The van der Waals surface area contributed by atoms with Gasteiger partial charge in [-0.3, -0.25) is 4.79 Å². The minimum absolute atomic E-state index is 0.0701. The molecule has 0 atom stereocenters. The summed E-state index contributed by atoms with van der Waals surface area (Å²) in [6.45, 7) is 0. The molecule has 3 rings (SSSR count). The molecule has 2 aromatic rings. The molecule has 1 aromatic carbocycles. The van der Waals surface area contributed by atoms with Crippen LogP contribution in [0.4, 0.5) is 10.7 Å². The lowest BCUT2D eigenvalue weighted by atomic mass is 9.92. The Balaban J connectivity index is 1.71. The van der Waals surface area contributed by atoms with Crippen LogP contribution < -0.4 is 10.1 Å². The van der Waals surface area contributed by atoms with Gasteiger partial charge in [0.1, 0.15) is 10.0 Å². The lowest BCUT2D eigenvalue weighted by Crippen LogP contribution is -1.98. The Hall–Kier alpha value is -0.840. The summed E-state index contributed by atoms with van der Waals surface area (Å²) in [6.07, 6.45) is 8.08. The molecule has 1 saturated carbocycles. The smallest absolute Gasteiger partial charge is 0.263 e. The summed E-state index contributed by atoms with van der Waals surface area (Å²) in [7, 11) is 2.56. The Morgan fingerprint density at radius 3 is 2.24 bits per heavy atom. The minimum atomic E-state index is -0.0701. The summed E-state index contributed by atoms with van der Waals surface area (Å²) < 4.78 is -0.0701. The molecule has 1 aliphatic carbocycles. The highest BCUT2D eigenvalue weighted by Crippen LogP contribution is 2.34. The van der Waals surface area contributed by atoms with Gasteiger partial charge in [0, 0.05) is 5.69 Å². The fraction of sp³-hybridized carbons (Fsp3) is 0.438. The zero-order valence-corrected chi connectivity index (χ0v) is 14.1. The SMILES string of the molecule is O=c1ssc(Nc2ccc(C3CCCCCC3)cc2)c1Cl. The Morgan fingerprint density at radius 2 is 1.67 bits per heavy atom. The predicted octanol–water partition coefficient (Wildman–Crippen LogP) is 6.00.